The van der Waals surface area contributed by atoms with Crippen molar-refractivity contribution in [1.29, 1.82) is 0 Å². The van der Waals surface area contributed by atoms with Crippen molar-refractivity contribution in [3.63, 3.8) is 0 Å². The van der Waals surface area contributed by atoms with E-state index in [-0.39, 0.29) is 5.92 Å². The second-order valence-electron chi connectivity index (χ2n) is 3.12. The fraction of sp³-hybridized carbons (Fsp3) is 0.556. The highest BCUT2D eigenvalue weighted by atomic mass is 32.1. The highest BCUT2D eigenvalue weighted by Crippen LogP contribution is 2.16. The van der Waals surface area contributed by atoms with Gasteiger partial charge in [-0.1, -0.05) is 6.92 Å². The standard InChI is InChI=1S/C9H13NO2S/c1-6(9(11)12)3-4-8-5-10-7(2)13-8/h5-6H,3-4H2,1-2H3,(H,11,12). The van der Waals surface area contributed by atoms with Gasteiger partial charge in [-0.2, -0.15) is 0 Å². The normalized spacial score (nSPS) is 12.8. The minimum absolute atomic E-state index is 0.262. The number of thiazole rings is 1. The Labute approximate surface area is 81.4 Å². The van der Waals surface area contributed by atoms with Gasteiger partial charge in [-0.05, 0) is 19.8 Å². The number of carboxylic acid groups (broad SMARTS) is 1. The number of hydrogen-bond acceptors (Lipinski definition) is 3. The van der Waals surface area contributed by atoms with Gasteiger partial charge in [0.1, 0.15) is 0 Å². The SMILES string of the molecule is Cc1ncc(CCC(C)C(=O)O)s1. The van der Waals surface area contributed by atoms with E-state index in [0.717, 1.165) is 11.4 Å². The maximum Gasteiger partial charge on any atom is 0.306 e. The van der Waals surface area contributed by atoms with E-state index in [0.29, 0.717) is 6.42 Å². The summed E-state index contributed by atoms with van der Waals surface area (Å²) in [5.74, 6) is -0.983. The van der Waals surface area contributed by atoms with Crippen LogP contribution < -0.4 is 0 Å². The molecule has 0 spiro atoms. The van der Waals surface area contributed by atoms with Crippen molar-refractivity contribution >= 4 is 17.3 Å². The highest BCUT2D eigenvalue weighted by molar-refractivity contribution is 7.11. The molecule has 0 aliphatic rings. The molecule has 1 rings (SSSR count). The van der Waals surface area contributed by atoms with Crippen LogP contribution >= 0.6 is 11.3 Å². The summed E-state index contributed by atoms with van der Waals surface area (Å²) < 4.78 is 0. The predicted molar refractivity (Wildman–Crippen MR) is 52.0 cm³/mol. The van der Waals surface area contributed by atoms with E-state index in [2.05, 4.69) is 4.98 Å². The molecule has 72 valence electrons. The van der Waals surface area contributed by atoms with Crippen LogP contribution in [0.15, 0.2) is 6.20 Å². The van der Waals surface area contributed by atoms with E-state index in [1.54, 1.807) is 18.3 Å². The minimum atomic E-state index is -0.721. The zero-order valence-corrected chi connectivity index (χ0v) is 8.60. The van der Waals surface area contributed by atoms with Gasteiger partial charge in [0.05, 0.1) is 10.9 Å². The molecular formula is C9H13NO2S. The van der Waals surface area contributed by atoms with Gasteiger partial charge in [0.2, 0.25) is 0 Å². The molecule has 0 bridgehead atoms. The Morgan fingerprint density at radius 2 is 2.46 bits per heavy atom. The molecule has 1 aromatic rings. The quantitative estimate of drug-likeness (QED) is 0.808. The van der Waals surface area contributed by atoms with E-state index in [1.165, 1.54) is 4.88 Å². The lowest BCUT2D eigenvalue weighted by Crippen LogP contribution is -2.09. The van der Waals surface area contributed by atoms with Gasteiger partial charge >= 0.3 is 5.97 Å². The van der Waals surface area contributed by atoms with Crippen molar-refractivity contribution < 1.29 is 9.90 Å². The maximum atomic E-state index is 10.5. The third kappa shape index (κ3) is 3.14. The Morgan fingerprint density at radius 1 is 1.77 bits per heavy atom. The van der Waals surface area contributed by atoms with Crippen LogP contribution in [-0.2, 0) is 11.2 Å². The summed E-state index contributed by atoms with van der Waals surface area (Å²) in [4.78, 5) is 15.8. The van der Waals surface area contributed by atoms with Gasteiger partial charge in [0.15, 0.2) is 0 Å². The van der Waals surface area contributed by atoms with Gasteiger partial charge in [0, 0.05) is 11.1 Å². The van der Waals surface area contributed by atoms with Crippen LogP contribution in [0.5, 0.6) is 0 Å². The molecule has 0 aliphatic carbocycles. The van der Waals surface area contributed by atoms with E-state index in [9.17, 15) is 4.79 Å². The summed E-state index contributed by atoms with van der Waals surface area (Å²) in [5.41, 5.74) is 0. The van der Waals surface area contributed by atoms with Crippen LogP contribution in [0, 0.1) is 12.8 Å². The number of nitrogens with zero attached hydrogens (tertiary/aromatic N) is 1. The fourth-order valence-corrected chi connectivity index (χ4v) is 1.81. The molecule has 0 amide bonds. The van der Waals surface area contributed by atoms with Crippen LogP contribution in [0.1, 0.15) is 23.2 Å². The Kier molecular flexibility index (Phi) is 3.42. The fourth-order valence-electron chi connectivity index (χ4n) is 1.00. The summed E-state index contributed by atoms with van der Waals surface area (Å²) in [7, 11) is 0. The van der Waals surface area contributed by atoms with Crippen molar-refractivity contribution in [3.8, 4) is 0 Å². The largest absolute Gasteiger partial charge is 0.481 e. The van der Waals surface area contributed by atoms with E-state index in [1.807, 2.05) is 13.1 Å². The Hall–Kier alpha value is -0.900. The third-order valence-corrected chi connectivity index (χ3v) is 2.89. The van der Waals surface area contributed by atoms with Crippen LogP contribution in [0.25, 0.3) is 0 Å². The molecule has 0 fully saturated rings. The van der Waals surface area contributed by atoms with Crippen molar-refractivity contribution in [2.24, 2.45) is 5.92 Å². The maximum absolute atomic E-state index is 10.5. The van der Waals surface area contributed by atoms with Crippen LogP contribution in [0.4, 0.5) is 0 Å². The van der Waals surface area contributed by atoms with Gasteiger partial charge in [-0.15, -0.1) is 11.3 Å². The molecule has 1 aromatic heterocycles. The number of hydrogen-bond donors (Lipinski definition) is 1. The van der Waals surface area contributed by atoms with Crippen LogP contribution in [0.2, 0.25) is 0 Å². The average Bonchev–Trinajstić information content (AvgIpc) is 2.47. The molecule has 1 N–H and O–H groups in total. The van der Waals surface area contributed by atoms with Crippen molar-refractivity contribution in [1.82, 2.24) is 4.98 Å². The molecule has 3 nitrogen and oxygen atoms in total. The minimum Gasteiger partial charge on any atom is -0.481 e. The average molecular weight is 199 g/mol. The van der Waals surface area contributed by atoms with Gasteiger partial charge in [-0.25, -0.2) is 4.98 Å². The number of carbonyl (C=O) groups is 1. The molecule has 13 heavy (non-hydrogen) atoms. The van der Waals surface area contributed by atoms with Crippen LogP contribution in [-0.4, -0.2) is 16.1 Å². The summed E-state index contributed by atoms with van der Waals surface area (Å²) in [6.07, 6.45) is 3.34. The summed E-state index contributed by atoms with van der Waals surface area (Å²) in [6, 6.07) is 0. The molecule has 0 aromatic carbocycles. The number of aliphatic carboxylic acids is 1. The topological polar surface area (TPSA) is 50.2 Å². The predicted octanol–water partition coefficient (Wildman–Crippen LogP) is 2.10. The van der Waals surface area contributed by atoms with E-state index in [4.69, 9.17) is 5.11 Å². The summed E-state index contributed by atoms with van der Waals surface area (Å²) >= 11 is 1.64. The number of aromatic nitrogens is 1. The van der Waals surface area contributed by atoms with Gasteiger partial charge in [0.25, 0.3) is 0 Å². The first-order chi connectivity index (χ1) is 6.09. The molecule has 1 unspecified atom stereocenters. The molecule has 0 aliphatic heterocycles. The van der Waals surface area contributed by atoms with Gasteiger partial charge in [-0.3, -0.25) is 4.79 Å². The van der Waals surface area contributed by atoms with Crippen molar-refractivity contribution in [2.45, 2.75) is 26.7 Å². The first-order valence-electron chi connectivity index (χ1n) is 4.23. The number of rotatable bonds is 4. The molecule has 0 radical (unpaired) electrons. The highest BCUT2D eigenvalue weighted by Gasteiger charge is 2.10. The molecule has 1 atom stereocenters. The Bertz CT molecular complexity index is 296. The smallest absolute Gasteiger partial charge is 0.306 e. The van der Waals surface area contributed by atoms with Crippen molar-refractivity contribution in [3.05, 3.63) is 16.1 Å². The molecular weight excluding hydrogens is 186 g/mol. The third-order valence-electron chi connectivity index (χ3n) is 1.91. The second kappa shape index (κ2) is 4.37. The summed E-state index contributed by atoms with van der Waals surface area (Å²) in [5, 5.41) is 9.69. The van der Waals surface area contributed by atoms with E-state index < -0.39 is 5.97 Å². The first-order valence-corrected chi connectivity index (χ1v) is 5.05. The lowest BCUT2D eigenvalue weighted by molar-refractivity contribution is -0.141. The summed E-state index contributed by atoms with van der Waals surface area (Å²) in [6.45, 7) is 3.69. The second-order valence-corrected chi connectivity index (χ2v) is 4.44. The Balaban J connectivity index is 2.39. The molecule has 0 saturated heterocycles. The Morgan fingerprint density at radius 3 is 2.92 bits per heavy atom. The lowest BCUT2D eigenvalue weighted by Gasteiger charge is -2.02. The molecule has 1 heterocycles. The van der Waals surface area contributed by atoms with E-state index >= 15 is 0 Å². The van der Waals surface area contributed by atoms with Crippen molar-refractivity contribution in [2.75, 3.05) is 0 Å². The zero-order valence-electron chi connectivity index (χ0n) is 7.78. The number of aryl methyl sites for hydroxylation is 2. The number of carboxylic acids is 1. The molecule has 4 heteroatoms. The lowest BCUT2D eigenvalue weighted by atomic mass is 10.1. The monoisotopic (exact) mass is 199 g/mol. The van der Waals surface area contributed by atoms with Crippen LogP contribution in [0.3, 0.4) is 0 Å². The molecule has 0 saturated carbocycles. The first kappa shape index (κ1) is 10.2. The zero-order chi connectivity index (χ0) is 9.84. The van der Waals surface area contributed by atoms with Gasteiger partial charge < -0.3 is 5.11 Å².